The van der Waals surface area contributed by atoms with E-state index in [-0.39, 0.29) is 17.7 Å². The van der Waals surface area contributed by atoms with Gasteiger partial charge in [0.25, 0.3) is 0 Å². The number of piperidine rings is 1. The Morgan fingerprint density at radius 3 is 2.55 bits per heavy atom. The van der Waals surface area contributed by atoms with Crippen LogP contribution in [0.4, 0.5) is 0 Å². The minimum Gasteiger partial charge on any atom is -0.493 e. The highest BCUT2D eigenvalue weighted by atomic mass is 35.5. The Balaban J connectivity index is 1.66. The molecule has 7 heteroatoms. The second kappa shape index (κ2) is 9.71. The van der Waals surface area contributed by atoms with Gasteiger partial charge in [-0.1, -0.05) is 23.7 Å². The van der Waals surface area contributed by atoms with Crippen molar-refractivity contribution in [3.05, 3.63) is 59.3 Å². The van der Waals surface area contributed by atoms with Gasteiger partial charge in [-0.2, -0.15) is 0 Å². The van der Waals surface area contributed by atoms with Crippen molar-refractivity contribution in [1.82, 2.24) is 4.90 Å². The number of allylic oxidation sites excluding steroid dienone is 1. The Bertz CT molecular complexity index is 1210. The second-order valence-corrected chi connectivity index (χ2v) is 8.70. The molecule has 1 aromatic heterocycles. The average molecular weight is 467 g/mol. The number of carbonyl (C=O) groups is 2. The van der Waals surface area contributed by atoms with Gasteiger partial charge in [-0.3, -0.25) is 9.59 Å². The molecule has 1 saturated heterocycles. The van der Waals surface area contributed by atoms with Crippen LogP contribution in [0.1, 0.15) is 32.3 Å². The van der Waals surface area contributed by atoms with Gasteiger partial charge in [0.2, 0.25) is 11.8 Å². The smallest absolute Gasteiger partial charge is 0.246 e. The number of ether oxygens (including phenoxy) is 1. The molecular weight excluding hydrogens is 440 g/mol. The minimum atomic E-state index is -0.292. The van der Waals surface area contributed by atoms with Crippen LogP contribution in [0, 0.1) is 5.92 Å². The van der Waals surface area contributed by atoms with Crippen LogP contribution in [0.2, 0.25) is 5.02 Å². The van der Waals surface area contributed by atoms with Crippen molar-refractivity contribution < 1.29 is 18.7 Å². The SMILES string of the molecule is CCOc1cc2occ(-c3ccc(Cl)cc3)c2cc1/C(C)=C/C(=O)N1CCC(C(N)=O)CC1. The van der Waals surface area contributed by atoms with E-state index in [0.717, 1.165) is 27.6 Å². The summed E-state index contributed by atoms with van der Waals surface area (Å²) < 4.78 is 11.7. The first-order valence-corrected chi connectivity index (χ1v) is 11.5. The lowest BCUT2D eigenvalue weighted by atomic mass is 9.96. The monoisotopic (exact) mass is 466 g/mol. The number of nitrogens with two attached hydrogens (primary N) is 1. The molecule has 0 spiro atoms. The standard InChI is InChI=1S/C26H27ClN2O4/c1-3-32-23-14-24-21(22(15-33-24)17-4-6-19(27)7-5-17)13-20(23)16(2)12-25(30)29-10-8-18(9-11-29)26(28)31/h4-7,12-15,18H,3,8-11H2,1-2H3,(H2,28,31)/b16-12+. The zero-order valence-corrected chi connectivity index (χ0v) is 19.5. The van der Waals surface area contributed by atoms with Gasteiger partial charge >= 0.3 is 0 Å². The fraction of sp³-hybridized carbons (Fsp3) is 0.308. The molecule has 0 unspecified atom stereocenters. The largest absolute Gasteiger partial charge is 0.493 e. The van der Waals surface area contributed by atoms with Crippen molar-refractivity contribution in [2.75, 3.05) is 19.7 Å². The number of likely N-dealkylation sites (tertiary alicyclic amines) is 1. The molecule has 4 rings (SSSR count). The van der Waals surface area contributed by atoms with E-state index in [2.05, 4.69) is 0 Å². The molecule has 0 aliphatic carbocycles. The average Bonchev–Trinajstić information content (AvgIpc) is 3.22. The van der Waals surface area contributed by atoms with E-state index in [1.54, 1.807) is 17.2 Å². The van der Waals surface area contributed by atoms with Crippen LogP contribution in [-0.2, 0) is 9.59 Å². The topological polar surface area (TPSA) is 85.8 Å². The Morgan fingerprint density at radius 2 is 1.91 bits per heavy atom. The van der Waals surface area contributed by atoms with E-state index in [0.29, 0.717) is 48.9 Å². The molecule has 6 nitrogen and oxygen atoms in total. The maximum absolute atomic E-state index is 12.9. The first-order valence-electron chi connectivity index (χ1n) is 11.1. The molecule has 1 fully saturated rings. The second-order valence-electron chi connectivity index (χ2n) is 8.26. The molecule has 1 aliphatic heterocycles. The lowest BCUT2D eigenvalue weighted by Gasteiger charge is -2.30. The summed E-state index contributed by atoms with van der Waals surface area (Å²) in [6, 6.07) is 11.5. The molecule has 0 atom stereocenters. The number of rotatable bonds is 6. The molecule has 2 aromatic carbocycles. The Labute approximate surface area is 197 Å². The summed E-state index contributed by atoms with van der Waals surface area (Å²) in [5.74, 6) is 0.137. The lowest BCUT2D eigenvalue weighted by Crippen LogP contribution is -2.41. The zero-order valence-electron chi connectivity index (χ0n) is 18.8. The first kappa shape index (κ1) is 22.9. The number of halogens is 1. The predicted octanol–water partition coefficient (Wildman–Crippen LogP) is 5.28. The summed E-state index contributed by atoms with van der Waals surface area (Å²) >= 11 is 6.04. The summed E-state index contributed by atoms with van der Waals surface area (Å²) in [5, 5.41) is 1.60. The molecule has 2 heterocycles. The molecule has 0 bridgehead atoms. The maximum Gasteiger partial charge on any atom is 0.246 e. The molecular formula is C26H27ClN2O4. The fourth-order valence-corrected chi connectivity index (χ4v) is 4.36. The van der Waals surface area contributed by atoms with Crippen LogP contribution >= 0.6 is 11.6 Å². The summed E-state index contributed by atoms with van der Waals surface area (Å²) in [4.78, 5) is 26.1. The number of hydrogen-bond donors (Lipinski definition) is 1. The quantitative estimate of drug-likeness (QED) is 0.501. The highest BCUT2D eigenvalue weighted by Gasteiger charge is 2.25. The van der Waals surface area contributed by atoms with Crippen molar-refractivity contribution in [3.8, 4) is 16.9 Å². The molecule has 2 amide bonds. The van der Waals surface area contributed by atoms with Gasteiger partial charge in [-0.25, -0.2) is 0 Å². The predicted molar refractivity (Wildman–Crippen MR) is 130 cm³/mol. The summed E-state index contributed by atoms with van der Waals surface area (Å²) in [6.07, 6.45) is 4.56. The van der Waals surface area contributed by atoms with Crippen molar-refractivity contribution in [2.45, 2.75) is 26.7 Å². The van der Waals surface area contributed by atoms with Gasteiger partial charge in [0.1, 0.15) is 11.3 Å². The Kier molecular flexibility index (Phi) is 6.75. The van der Waals surface area contributed by atoms with Gasteiger partial charge in [0.15, 0.2) is 0 Å². The fourth-order valence-electron chi connectivity index (χ4n) is 4.23. The maximum atomic E-state index is 12.9. The Hall–Kier alpha value is -3.25. The zero-order chi connectivity index (χ0) is 23.5. The van der Waals surface area contributed by atoms with Gasteiger partial charge in [0, 0.05) is 52.7 Å². The molecule has 172 valence electrons. The molecule has 33 heavy (non-hydrogen) atoms. The van der Waals surface area contributed by atoms with Crippen LogP contribution in [0.3, 0.4) is 0 Å². The first-order chi connectivity index (χ1) is 15.9. The van der Waals surface area contributed by atoms with Crippen molar-refractivity contribution in [1.29, 1.82) is 0 Å². The van der Waals surface area contributed by atoms with Gasteiger partial charge in [0.05, 0.1) is 12.9 Å². The van der Waals surface area contributed by atoms with Crippen molar-refractivity contribution in [2.24, 2.45) is 11.7 Å². The van der Waals surface area contributed by atoms with E-state index < -0.39 is 0 Å². The van der Waals surface area contributed by atoms with E-state index >= 15 is 0 Å². The number of carbonyl (C=O) groups excluding carboxylic acids is 2. The molecule has 2 N–H and O–H groups in total. The third-order valence-electron chi connectivity index (χ3n) is 6.10. The van der Waals surface area contributed by atoms with Gasteiger partial charge in [-0.15, -0.1) is 0 Å². The number of fused-ring (bicyclic) bond motifs is 1. The van der Waals surface area contributed by atoms with Gasteiger partial charge < -0.3 is 19.8 Å². The molecule has 0 saturated carbocycles. The number of furan rings is 1. The van der Waals surface area contributed by atoms with Crippen molar-refractivity contribution in [3.63, 3.8) is 0 Å². The lowest BCUT2D eigenvalue weighted by molar-refractivity contribution is -0.130. The van der Waals surface area contributed by atoms with Gasteiger partial charge in [-0.05, 0) is 56.0 Å². The van der Waals surface area contributed by atoms with Crippen LogP contribution in [0.5, 0.6) is 5.75 Å². The number of hydrogen-bond acceptors (Lipinski definition) is 4. The molecule has 0 radical (unpaired) electrons. The van der Waals surface area contributed by atoms with E-state index in [1.807, 2.05) is 50.2 Å². The third kappa shape index (κ3) is 4.91. The van der Waals surface area contributed by atoms with Crippen LogP contribution in [0.15, 0.2) is 53.2 Å². The molecule has 3 aromatic rings. The van der Waals surface area contributed by atoms with Crippen LogP contribution in [-0.4, -0.2) is 36.4 Å². The number of nitrogens with zero attached hydrogens (tertiary/aromatic N) is 1. The van der Waals surface area contributed by atoms with Crippen LogP contribution < -0.4 is 10.5 Å². The summed E-state index contributed by atoms with van der Waals surface area (Å²) in [7, 11) is 0. The number of amides is 2. The number of primary amides is 1. The molecule has 1 aliphatic rings. The Morgan fingerprint density at radius 1 is 1.21 bits per heavy atom. The van der Waals surface area contributed by atoms with E-state index in [9.17, 15) is 9.59 Å². The third-order valence-corrected chi connectivity index (χ3v) is 6.36. The van der Waals surface area contributed by atoms with Crippen molar-refractivity contribution >= 4 is 40.0 Å². The summed E-state index contributed by atoms with van der Waals surface area (Å²) in [5.41, 5.74) is 9.68. The highest BCUT2D eigenvalue weighted by molar-refractivity contribution is 6.30. The van der Waals surface area contributed by atoms with E-state index in [4.69, 9.17) is 26.5 Å². The number of benzene rings is 2. The van der Waals surface area contributed by atoms with Crippen LogP contribution in [0.25, 0.3) is 27.7 Å². The van der Waals surface area contributed by atoms with E-state index in [1.165, 1.54) is 0 Å². The normalized spacial score (nSPS) is 15.1. The highest BCUT2D eigenvalue weighted by Crippen LogP contribution is 2.38. The summed E-state index contributed by atoms with van der Waals surface area (Å²) in [6.45, 7) is 5.36. The minimum absolute atomic E-state index is 0.0805.